The Labute approximate surface area is 288 Å². The van der Waals surface area contributed by atoms with E-state index in [2.05, 4.69) is 36.6 Å². The second-order valence-corrected chi connectivity index (χ2v) is 12.5. The van der Waals surface area contributed by atoms with E-state index in [9.17, 15) is 9.59 Å². The fourth-order valence-electron chi connectivity index (χ4n) is 5.95. The molecule has 0 spiro atoms. The molecule has 2 aromatic heterocycles. The summed E-state index contributed by atoms with van der Waals surface area (Å²) in [5, 5.41) is 16.7. The minimum absolute atomic E-state index is 0.0824. The smallest absolute Gasteiger partial charge is 0.237 e. The van der Waals surface area contributed by atoms with E-state index in [1.807, 2.05) is 36.4 Å². The SMILES string of the molecule is CNc1nc(-c2cccc(-c3cccc(-c4cnc(CNCC5CCC(=O)N5)c(OC)n4)c3Cl)c2Cl)cnc1CNCC1CCC(=O)N1. The number of aromatic nitrogens is 4. The lowest BCUT2D eigenvalue weighted by Gasteiger charge is -2.16. The fourth-order valence-corrected chi connectivity index (χ4v) is 6.60. The second-order valence-electron chi connectivity index (χ2n) is 11.7. The van der Waals surface area contributed by atoms with Gasteiger partial charge in [0.2, 0.25) is 17.7 Å². The minimum Gasteiger partial charge on any atom is -0.480 e. The van der Waals surface area contributed by atoms with Crippen molar-refractivity contribution in [2.24, 2.45) is 0 Å². The van der Waals surface area contributed by atoms with Crippen LogP contribution in [0.2, 0.25) is 10.0 Å². The third-order valence-electron chi connectivity index (χ3n) is 8.47. The highest BCUT2D eigenvalue weighted by Gasteiger charge is 2.22. The van der Waals surface area contributed by atoms with Gasteiger partial charge in [-0.05, 0) is 12.8 Å². The number of anilines is 1. The Bertz CT molecular complexity index is 1690. The van der Waals surface area contributed by atoms with Gasteiger partial charge >= 0.3 is 0 Å². The van der Waals surface area contributed by atoms with Crippen LogP contribution in [0.15, 0.2) is 48.8 Å². The molecule has 0 saturated carbocycles. The molecule has 2 saturated heterocycles. The summed E-state index contributed by atoms with van der Waals surface area (Å²) >= 11 is 14.1. The topological polar surface area (TPSA) is 155 Å². The van der Waals surface area contributed by atoms with Crippen LogP contribution < -0.4 is 31.3 Å². The van der Waals surface area contributed by atoms with Gasteiger partial charge in [0.05, 0.1) is 46.6 Å². The van der Waals surface area contributed by atoms with Crippen LogP contribution in [0, 0.1) is 0 Å². The highest BCUT2D eigenvalue weighted by atomic mass is 35.5. The maximum atomic E-state index is 11.5. The molecule has 2 fully saturated rings. The average Bonchev–Trinajstić information content (AvgIpc) is 3.72. The lowest BCUT2D eigenvalue weighted by Crippen LogP contribution is -2.35. The molecule has 6 rings (SSSR count). The Morgan fingerprint density at radius 3 is 1.77 bits per heavy atom. The van der Waals surface area contributed by atoms with Gasteiger partial charge in [-0.25, -0.2) is 9.97 Å². The van der Waals surface area contributed by atoms with E-state index in [1.165, 1.54) is 0 Å². The van der Waals surface area contributed by atoms with Gasteiger partial charge in [-0.1, -0.05) is 59.6 Å². The Kier molecular flexibility index (Phi) is 10.7. The summed E-state index contributed by atoms with van der Waals surface area (Å²) in [7, 11) is 3.36. The van der Waals surface area contributed by atoms with Crippen molar-refractivity contribution in [1.29, 1.82) is 0 Å². The van der Waals surface area contributed by atoms with Gasteiger partial charge in [0.1, 0.15) is 11.5 Å². The Hall–Kier alpha value is -4.36. The van der Waals surface area contributed by atoms with Crippen molar-refractivity contribution >= 4 is 40.8 Å². The van der Waals surface area contributed by atoms with Crippen molar-refractivity contribution in [1.82, 2.24) is 41.2 Å². The third-order valence-corrected chi connectivity index (χ3v) is 9.28. The molecule has 0 bridgehead atoms. The molecular weight excluding hydrogens is 653 g/mol. The first-order chi connectivity index (χ1) is 23.3. The Morgan fingerprint density at radius 2 is 1.27 bits per heavy atom. The van der Waals surface area contributed by atoms with E-state index in [-0.39, 0.29) is 23.9 Å². The summed E-state index contributed by atoms with van der Waals surface area (Å²) in [4.78, 5) is 41.8. The van der Waals surface area contributed by atoms with Crippen molar-refractivity contribution in [3.8, 4) is 39.5 Å². The van der Waals surface area contributed by atoms with Crippen molar-refractivity contribution in [2.45, 2.75) is 50.9 Å². The lowest BCUT2D eigenvalue weighted by atomic mass is 9.98. The summed E-state index contributed by atoms with van der Waals surface area (Å²) in [6, 6.07) is 11.7. The van der Waals surface area contributed by atoms with Crippen LogP contribution in [0.25, 0.3) is 33.6 Å². The normalized spacial score (nSPS) is 17.3. The average molecular weight is 691 g/mol. The standard InChI is InChI=1S/C34H37Cl2N9O3/c1-37-33-27(15-38-13-19-9-11-29(46)42-19)40-17-25(44-33)23-7-3-5-21(31(23)35)22-6-4-8-24(32(22)36)26-18-41-28(34(45-26)48-2)16-39-14-20-10-12-30(47)43-20/h3-8,17-20,38-39H,9-16H2,1-2H3,(H,37,44)(H,42,46)(H,43,47). The van der Waals surface area contributed by atoms with Crippen LogP contribution in [0.5, 0.6) is 5.88 Å². The highest BCUT2D eigenvalue weighted by molar-refractivity contribution is 6.39. The van der Waals surface area contributed by atoms with Crippen LogP contribution in [-0.2, 0) is 22.7 Å². The van der Waals surface area contributed by atoms with Crippen molar-refractivity contribution in [2.75, 3.05) is 32.6 Å². The Morgan fingerprint density at radius 1 is 0.771 bits per heavy atom. The molecule has 14 heteroatoms. The monoisotopic (exact) mass is 689 g/mol. The van der Waals surface area contributed by atoms with Crippen LogP contribution in [0.1, 0.15) is 37.1 Å². The van der Waals surface area contributed by atoms with E-state index < -0.39 is 0 Å². The van der Waals surface area contributed by atoms with E-state index in [4.69, 9.17) is 37.9 Å². The molecule has 2 aliphatic heterocycles. The van der Waals surface area contributed by atoms with Gasteiger partial charge in [-0.2, -0.15) is 0 Å². The maximum absolute atomic E-state index is 11.5. The van der Waals surface area contributed by atoms with E-state index in [1.54, 1.807) is 26.6 Å². The van der Waals surface area contributed by atoms with Crippen molar-refractivity contribution < 1.29 is 14.3 Å². The number of nitrogens with zero attached hydrogens (tertiary/aromatic N) is 4. The molecule has 48 heavy (non-hydrogen) atoms. The van der Waals surface area contributed by atoms with Crippen LogP contribution >= 0.6 is 23.2 Å². The highest BCUT2D eigenvalue weighted by Crippen LogP contribution is 2.42. The molecule has 2 aromatic carbocycles. The Balaban J connectivity index is 1.20. The number of hydrogen-bond donors (Lipinski definition) is 5. The number of benzene rings is 2. The van der Waals surface area contributed by atoms with Crippen LogP contribution in [0.3, 0.4) is 0 Å². The number of hydrogen-bond acceptors (Lipinski definition) is 10. The molecule has 0 aliphatic carbocycles. The quantitative estimate of drug-likeness (QED) is 0.137. The van der Waals surface area contributed by atoms with Crippen molar-refractivity contribution in [3.05, 3.63) is 70.2 Å². The van der Waals surface area contributed by atoms with Gasteiger partial charge < -0.3 is 31.3 Å². The van der Waals surface area contributed by atoms with Gasteiger partial charge in [-0.3, -0.25) is 19.6 Å². The molecular formula is C34H37Cl2N9O3. The second kappa shape index (κ2) is 15.2. The molecule has 250 valence electrons. The van der Waals surface area contributed by atoms with Crippen molar-refractivity contribution in [3.63, 3.8) is 0 Å². The van der Waals surface area contributed by atoms with E-state index in [0.717, 1.165) is 29.7 Å². The lowest BCUT2D eigenvalue weighted by molar-refractivity contribution is -0.120. The van der Waals surface area contributed by atoms with Crippen LogP contribution in [-0.4, -0.2) is 71.1 Å². The molecule has 0 radical (unpaired) electrons. The maximum Gasteiger partial charge on any atom is 0.237 e. The van der Waals surface area contributed by atoms with Gasteiger partial charge in [0, 0.05) is 80.4 Å². The molecule has 12 nitrogen and oxygen atoms in total. The molecule has 4 aromatic rings. The molecule has 5 N–H and O–H groups in total. The number of nitrogens with one attached hydrogen (secondary N) is 5. The minimum atomic E-state index is 0.0824. The van der Waals surface area contributed by atoms with Crippen LogP contribution in [0.4, 0.5) is 5.82 Å². The fraction of sp³-hybridized carbons (Fsp3) is 0.353. The number of methoxy groups -OCH3 is 1. The summed E-state index contributed by atoms with van der Waals surface area (Å²) < 4.78 is 5.58. The summed E-state index contributed by atoms with van der Waals surface area (Å²) in [6.45, 7) is 2.23. The van der Waals surface area contributed by atoms with Gasteiger partial charge in [-0.15, -0.1) is 0 Å². The first-order valence-corrected chi connectivity index (χ1v) is 16.6. The van der Waals surface area contributed by atoms with Gasteiger partial charge in [0.25, 0.3) is 0 Å². The number of carbonyl (C=O) groups is 2. The molecule has 2 amide bonds. The zero-order valence-electron chi connectivity index (χ0n) is 26.7. The van der Waals surface area contributed by atoms with E-state index in [0.29, 0.717) is 89.0 Å². The van der Waals surface area contributed by atoms with Gasteiger partial charge in [0.15, 0.2) is 0 Å². The predicted octanol–water partition coefficient (Wildman–Crippen LogP) is 4.36. The van der Waals surface area contributed by atoms with E-state index >= 15 is 0 Å². The number of rotatable bonds is 13. The molecule has 2 atom stereocenters. The predicted molar refractivity (Wildman–Crippen MR) is 186 cm³/mol. The number of carbonyl (C=O) groups excluding carboxylic acids is 2. The first kappa shape index (κ1) is 33.5. The molecule has 2 unspecified atom stereocenters. The largest absolute Gasteiger partial charge is 0.480 e. The third kappa shape index (κ3) is 7.52. The zero-order chi connectivity index (χ0) is 33.6. The summed E-state index contributed by atoms with van der Waals surface area (Å²) in [5.74, 6) is 1.20. The number of amides is 2. The molecule has 4 heterocycles. The number of ether oxygens (including phenoxy) is 1. The number of halogens is 2. The summed E-state index contributed by atoms with van der Waals surface area (Å²) in [5.41, 5.74) is 5.44. The summed E-state index contributed by atoms with van der Waals surface area (Å²) in [6.07, 6.45) is 6.15. The first-order valence-electron chi connectivity index (χ1n) is 15.9. The zero-order valence-corrected chi connectivity index (χ0v) is 28.2. The molecule has 2 aliphatic rings.